The molecule has 3 heteroatoms. The number of hydrogen-bond acceptors (Lipinski definition) is 3. The maximum Gasteiger partial charge on any atom is 0.0416 e. The fourth-order valence-corrected chi connectivity index (χ4v) is 2.11. The van der Waals surface area contributed by atoms with Gasteiger partial charge in [0.2, 0.25) is 0 Å². The molecule has 0 saturated carbocycles. The van der Waals surface area contributed by atoms with E-state index in [-0.39, 0.29) is 5.54 Å². The van der Waals surface area contributed by atoms with E-state index in [1.54, 1.807) is 0 Å². The van der Waals surface area contributed by atoms with Gasteiger partial charge in [-0.3, -0.25) is 4.98 Å². The van der Waals surface area contributed by atoms with E-state index in [9.17, 15) is 0 Å². The third kappa shape index (κ3) is 6.49. The summed E-state index contributed by atoms with van der Waals surface area (Å²) in [5, 5.41) is 3.59. The molecular formula is C17H31N3. The minimum Gasteiger partial charge on any atom is -0.312 e. The quantitative estimate of drug-likeness (QED) is 0.830. The first-order valence-electron chi connectivity index (χ1n) is 7.65. The molecule has 1 N–H and O–H groups in total. The second-order valence-electron chi connectivity index (χ2n) is 6.90. The van der Waals surface area contributed by atoms with E-state index in [4.69, 9.17) is 0 Å². The molecule has 0 aliphatic heterocycles. The summed E-state index contributed by atoms with van der Waals surface area (Å²) in [5.74, 6) is 0.628. The molecule has 2 atom stereocenters. The monoisotopic (exact) mass is 277 g/mol. The summed E-state index contributed by atoms with van der Waals surface area (Å²) >= 11 is 0. The SMILES string of the molecule is CC(CNC(C)(C)C)C(C)N(C)CCc1ccccn1. The van der Waals surface area contributed by atoms with Crippen LogP contribution in [0.3, 0.4) is 0 Å². The average molecular weight is 277 g/mol. The number of rotatable bonds is 7. The van der Waals surface area contributed by atoms with Crippen molar-refractivity contribution in [3.05, 3.63) is 30.1 Å². The summed E-state index contributed by atoms with van der Waals surface area (Å²) in [6.45, 7) is 13.4. The predicted molar refractivity (Wildman–Crippen MR) is 87.0 cm³/mol. The van der Waals surface area contributed by atoms with Crippen molar-refractivity contribution in [2.75, 3.05) is 20.1 Å². The van der Waals surface area contributed by atoms with Gasteiger partial charge in [0.05, 0.1) is 0 Å². The summed E-state index contributed by atoms with van der Waals surface area (Å²) in [6, 6.07) is 6.69. The van der Waals surface area contributed by atoms with Gasteiger partial charge in [-0.25, -0.2) is 0 Å². The molecule has 0 aromatic carbocycles. The van der Waals surface area contributed by atoms with E-state index in [0.717, 1.165) is 19.5 Å². The molecule has 0 amide bonds. The Kier molecular flexibility index (Phi) is 6.63. The number of nitrogens with one attached hydrogen (secondary N) is 1. The molecule has 0 radical (unpaired) electrons. The molecule has 0 bridgehead atoms. The van der Waals surface area contributed by atoms with E-state index < -0.39 is 0 Å². The van der Waals surface area contributed by atoms with Crippen LogP contribution in [0.15, 0.2) is 24.4 Å². The van der Waals surface area contributed by atoms with E-state index >= 15 is 0 Å². The molecule has 1 aromatic heterocycles. The van der Waals surface area contributed by atoms with Crippen molar-refractivity contribution >= 4 is 0 Å². The van der Waals surface area contributed by atoms with Gasteiger partial charge in [-0.05, 0) is 59.3 Å². The van der Waals surface area contributed by atoms with Crippen molar-refractivity contribution in [2.45, 2.75) is 52.6 Å². The zero-order chi connectivity index (χ0) is 15.2. The van der Waals surface area contributed by atoms with Gasteiger partial charge in [-0.2, -0.15) is 0 Å². The van der Waals surface area contributed by atoms with Crippen molar-refractivity contribution < 1.29 is 0 Å². The Morgan fingerprint density at radius 3 is 2.50 bits per heavy atom. The smallest absolute Gasteiger partial charge is 0.0416 e. The van der Waals surface area contributed by atoms with Gasteiger partial charge in [0.1, 0.15) is 0 Å². The molecule has 0 saturated heterocycles. The minimum absolute atomic E-state index is 0.195. The normalized spacial score (nSPS) is 15.3. The highest BCUT2D eigenvalue weighted by Crippen LogP contribution is 2.11. The fourth-order valence-electron chi connectivity index (χ4n) is 2.11. The van der Waals surface area contributed by atoms with Crippen molar-refractivity contribution in [1.29, 1.82) is 0 Å². The zero-order valence-corrected chi connectivity index (χ0v) is 14.0. The summed E-state index contributed by atoms with van der Waals surface area (Å²) < 4.78 is 0. The van der Waals surface area contributed by atoms with Crippen LogP contribution in [-0.2, 0) is 6.42 Å². The maximum absolute atomic E-state index is 4.38. The molecule has 0 spiro atoms. The van der Waals surface area contributed by atoms with Crippen LogP contribution in [0.5, 0.6) is 0 Å². The van der Waals surface area contributed by atoms with Gasteiger partial charge in [0.25, 0.3) is 0 Å². The molecule has 1 rings (SSSR count). The van der Waals surface area contributed by atoms with Crippen LogP contribution in [0.4, 0.5) is 0 Å². The first-order chi connectivity index (χ1) is 9.29. The Bertz CT molecular complexity index is 370. The number of aromatic nitrogens is 1. The van der Waals surface area contributed by atoms with Crippen LogP contribution >= 0.6 is 0 Å². The molecule has 2 unspecified atom stereocenters. The lowest BCUT2D eigenvalue weighted by Crippen LogP contribution is -2.44. The molecule has 0 aliphatic rings. The molecule has 0 fully saturated rings. The largest absolute Gasteiger partial charge is 0.312 e. The van der Waals surface area contributed by atoms with Crippen molar-refractivity contribution in [1.82, 2.24) is 15.2 Å². The Labute approximate surface area is 124 Å². The standard InChI is InChI=1S/C17H31N3/c1-14(13-19-17(3,4)5)15(2)20(6)12-10-16-9-7-8-11-18-16/h7-9,11,14-15,19H,10,12-13H2,1-6H3. The van der Waals surface area contributed by atoms with Gasteiger partial charge in [0.15, 0.2) is 0 Å². The molecule has 20 heavy (non-hydrogen) atoms. The second-order valence-corrected chi connectivity index (χ2v) is 6.90. The van der Waals surface area contributed by atoms with Gasteiger partial charge < -0.3 is 10.2 Å². The average Bonchev–Trinajstić information content (AvgIpc) is 2.41. The highest BCUT2D eigenvalue weighted by atomic mass is 15.1. The number of hydrogen-bond donors (Lipinski definition) is 1. The number of likely N-dealkylation sites (N-methyl/N-ethyl adjacent to an activating group) is 1. The van der Waals surface area contributed by atoms with Crippen LogP contribution in [0.25, 0.3) is 0 Å². The van der Waals surface area contributed by atoms with Crippen LogP contribution in [0.1, 0.15) is 40.3 Å². The molecule has 1 heterocycles. The zero-order valence-electron chi connectivity index (χ0n) is 14.0. The van der Waals surface area contributed by atoms with Crippen molar-refractivity contribution in [3.8, 4) is 0 Å². The lowest BCUT2D eigenvalue weighted by atomic mass is 10.00. The van der Waals surface area contributed by atoms with Gasteiger partial charge >= 0.3 is 0 Å². The topological polar surface area (TPSA) is 28.2 Å². The third-order valence-corrected chi connectivity index (χ3v) is 3.92. The Hall–Kier alpha value is -0.930. The molecular weight excluding hydrogens is 246 g/mol. The number of nitrogens with zero attached hydrogens (tertiary/aromatic N) is 2. The Morgan fingerprint density at radius 1 is 1.25 bits per heavy atom. The molecule has 114 valence electrons. The van der Waals surface area contributed by atoms with E-state index in [0.29, 0.717) is 12.0 Å². The number of pyridine rings is 1. The lowest BCUT2D eigenvalue weighted by Gasteiger charge is -2.32. The van der Waals surface area contributed by atoms with Gasteiger partial charge in [-0.1, -0.05) is 13.0 Å². The van der Waals surface area contributed by atoms with Gasteiger partial charge in [-0.15, -0.1) is 0 Å². The van der Waals surface area contributed by atoms with E-state index in [1.807, 2.05) is 12.3 Å². The summed E-state index contributed by atoms with van der Waals surface area (Å²) in [6.07, 6.45) is 2.88. The fraction of sp³-hybridized carbons (Fsp3) is 0.706. The van der Waals surface area contributed by atoms with Crippen molar-refractivity contribution in [3.63, 3.8) is 0 Å². The second kappa shape index (κ2) is 7.75. The highest BCUT2D eigenvalue weighted by Gasteiger charge is 2.19. The third-order valence-electron chi connectivity index (χ3n) is 3.92. The lowest BCUT2D eigenvalue weighted by molar-refractivity contribution is 0.190. The highest BCUT2D eigenvalue weighted by molar-refractivity contribution is 5.03. The van der Waals surface area contributed by atoms with Crippen LogP contribution in [0.2, 0.25) is 0 Å². The molecule has 0 aliphatic carbocycles. The van der Waals surface area contributed by atoms with E-state index in [1.165, 1.54) is 5.69 Å². The minimum atomic E-state index is 0.195. The van der Waals surface area contributed by atoms with E-state index in [2.05, 4.69) is 69.0 Å². The summed E-state index contributed by atoms with van der Waals surface area (Å²) in [5.41, 5.74) is 1.37. The molecule has 3 nitrogen and oxygen atoms in total. The summed E-state index contributed by atoms with van der Waals surface area (Å²) in [4.78, 5) is 6.82. The van der Waals surface area contributed by atoms with Crippen LogP contribution in [-0.4, -0.2) is 41.6 Å². The Morgan fingerprint density at radius 2 is 1.95 bits per heavy atom. The van der Waals surface area contributed by atoms with Crippen LogP contribution < -0.4 is 5.32 Å². The maximum atomic E-state index is 4.38. The van der Waals surface area contributed by atoms with Crippen LogP contribution in [0, 0.1) is 5.92 Å². The van der Waals surface area contributed by atoms with Crippen molar-refractivity contribution in [2.24, 2.45) is 5.92 Å². The van der Waals surface area contributed by atoms with Gasteiger partial charge in [0, 0.05) is 36.4 Å². The Balaban J connectivity index is 2.36. The first-order valence-corrected chi connectivity index (χ1v) is 7.65. The summed E-state index contributed by atoms with van der Waals surface area (Å²) in [7, 11) is 2.21. The first kappa shape index (κ1) is 17.1. The predicted octanol–water partition coefficient (Wildman–Crippen LogP) is 2.97. The molecule has 1 aromatic rings.